The molecule has 1 aromatic carbocycles. The van der Waals surface area contributed by atoms with Crippen molar-refractivity contribution < 1.29 is 9.59 Å². The smallest absolute Gasteiger partial charge is 0.257 e. The standard InChI is InChI=1S/C19H21N3O2/c1-22-10-7-14(8-11-22)18(23)15-4-2-6-17(12-15)21-19(24)16-5-3-9-20-13-16/h2-6,9,12-14H,7-8,10-11H2,1H3,(H,21,24). The fraction of sp³-hybridized carbons (Fsp3) is 0.316. The third-order valence-corrected chi connectivity index (χ3v) is 4.42. The Morgan fingerprint density at radius 1 is 1.12 bits per heavy atom. The number of likely N-dealkylation sites (tertiary alicyclic amines) is 1. The molecule has 5 nitrogen and oxygen atoms in total. The van der Waals surface area contributed by atoms with Gasteiger partial charge < -0.3 is 10.2 Å². The summed E-state index contributed by atoms with van der Waals surface area (Å²) in [4.78, 5) is 31.1. The number of pyridine rings is 1. The number of carbonyl (C=O) groups is 2. The second kappa shape index (κ2) is 7.36. The van der Waals surface area contributed by atoms with Gasteiger partial charge in [-0.1, -0.05) is 12.1 Å². The molecule has 1 aromatic heterocycles. The van der Waals surface area contributed by atoms with E-state index in [-0.39, 0.29) is 17.6 Å². The Bertz CT molecular complexity index is 722. The fourth-order valence-electron chi connectivity index (χ4n) is 2.96. The fourth-order valence-corrected chi connectivity index (χ4v) is 2.96. The molecule has 0 spiro atoms. The van der Waals surface area contributed by atoms with Crippen LogP contribution in [0.2, 0.25) is 0 Å². The minimum atomic E-state index is -0.230. The van der Waals surface area contributed by atoms with E-state index in [4.69, 9.17) is 0 Å². The van der Waals surface area contributed by atoms with Crippen LogP contribution in [0.4, 0.5) is 5.69 Å². The number of piperidine rings is 1. The molecule has 1 aliphatic rings. The number of nitrogens with one attached hydrogen (secondary N) is 1. The lowest BCUT2D eigenvalue weighted by Crippen LogP contribution is -2.33. The molecule has 24 heavy (non-hydrogen) atoms. The summed E-state index contributed by atoms with van der Waals surface area (Å²) >= 11 is 0. The molecule has 0 atom stereocenters. The highest BCUT2D eigenvalue weighted by Crippen LogP contribution is 2.22. The number of hydrogen-bond donors (Lipinski definition) is 1. The first-order valence-electron chi connectivity index (χ1n) is 8.17. The van der Waals surface area contributed by atoms with Crippen molar-refractivity contribution in [1.82, 2.24) is 9.88 Å². The number of hydrogen-bond acceptors (Lipinski definition) is 4. The van der Waals surface area contributed by atoms with Crippen LogP contribution in [0, 0.1) is 5.92 Å². The van der Waals surface area contributed by atoms with Crippen molar-refractivity contribution >= 4 is 17.4 Å². The minimum absolute atomic E-state index is 0.0745. The number of nitrogens with zero attached hydrogens (tertiary/aromatic N) is 2. The monoisotopic (exact) mass is 323 g/mol. The molecule has 2 aromatic rings. The molecular weight excluding hydrogens is 302 g/mol. The minimum Gasteiger partial charge on any atom is -0.322 e. The molecule has 1 amide bonds. The molecular formula is C19H21N3O2. The summed E-state index contributed by atoms with van der Waals surface area (Å²) in [6, 6.07) is 10.6. The van der Waals surface area contributed by atoms with Crippen molar-refractivity contribution in [1.29, 1.82) is 0 Å². The van der Waals surface area contributed by atoms with Crippen LogP contribution in [0.3, 0.4) is 0 Å². The topological polar surface area (TPSA) is 62.3 Å². The van der Waals surface area contributed by atoms with Crippen LogP contribution in [-0.4, -0.2) is 41.7 Å². The summed E-state index contributed by atoms with van der Waals surface area (Å²) in [6.07, 6.45) is 4.92. The number of benzene rings is 1. The van der Waals surface area contributed by atoms with E-state index in [0.29, 0.717) is 16.8 Å². The second-order valence-corrected chi connectivity index (χ2v) is 6.22. The van der Waals surface area contributed by atoms with Gasteiger partial charge in [0, 0.05) is 29.6 Å². The lowest BCUT2D eigenvalue weighted by molar-refractivity contribution is 0.0856. The summed E-state index contributed by atoms with van der Waals surface area (Å²) in [6.45, 7) is 1.90. The molecule has 1 N–H and O–H groups in total. The molecule has 1 fully saturated rings. The Morgan fingerprint density at radius 3 is 2.58 bits per heavy atom. The summed E-state index contributed by atoms with van der Waals surface area (Å²) in [5.41, 5.74) is 1.78. The summed E-state index contributed by atoms with van der Waals surface area (Å²) < 4.78 is 0. The Kier molecular flexibility index (Phi) is 5.01. The average Bonchev–Trinajstić information content (AvgIpc) is 2.63. The Labute approximate surface area is 141 Å². The molecule has 0 radical (unpaired) electrons. The third kappa shape index (κ3) is 3.86. The summed E-state index contributed by atoms with van der Waals surface area (Å²) in [7, 11) is 2.08. The second-order valence-electron chi connectivity index (χ2n) is 6.22. The van der Waals surface area contributed by atoms with Crippen LogP contribution in [-0.2, 0) is 0 Å². The van der Waals surface area contributed by atoms with Gasteiger partial charge in [0.15, 0.2) is 5.78 Å². The molecule has 0 bridgehead atoms. The first-order valence-corrected chi connectivity index (χ1v) is 8.17. The van der Waals surface area contributed by atoms with Crippen LogP contribution < -0.4 is 5.32 Å². The maximum atomic E-state index is 12.7. The summed E-state index contributed by atoms with van der Waals surface area (Å²) in [5.74, 6) is 0.0121. The molecule has 3 rings (SSSR count). The van der Waals surface area contributed by atoms with Crippen LogP contribution in [0.15, 0.2) is 48.8 Å². The third-order valence-electron chi connectivity index (χ3n) is 4.42. The van der Waals surface area contributed by atoms with Crippen molar-refractivity contribution in [2.45, 2.75) is 12.8 Å². The van der Waals surface area contributed by atoms with Gasteiger partial charge in [-0.15, -0.1) is 0 Å². The average molecular weight is 323 g/mol. The highest BCUT2D eigenvalue weighted by atomic mass is 16.1. The normalized spacial score (nSPS) is 15.9. The molecule has 0 saturated carbocycles. The zero-order valence-electron chi connectivity index (χ0n) is 13.7. The number of aromatic nitrogens is 1. The largest absolute Gasteiger partial charge is 0.322 e. The molecule has 5 heteroatoms. The lowest BCUT2D eigenvalue weighted by atomic mass is 9.89. The van der Waals surface area contributed by atoms with E-state index in [2.05, 4.69) is 22.2 Å². The zero-order valence-corrected chi connectivity index (χ0v) is 13.7. The predicted molar refractivity (Wildman–Crippen MR) is 93.2 cm³/mol. The van der Waals surface area contributed by atoms with Gasteiger partial charge >= 0.3 is 0 Å². The maximum absolute atomic E-state index is 12.7. The van der Waals surface area contributed by atoms with Crippen LogP contribution in [0.25, 0.3) is 0 Å². The van der Waals surface area contributed by atoms with Crippen molar-refractivity contribution in [3.8, 4) is 0 Å². The van der Waals surface area contributed by atoms with Gasteiger partial charge in [0.05, 0.1) is 5.56 Å². The lowest BCUT2D eigenvalue weighted by Gasteiger charge is -2.28. The maximum Gasteiger partial charge on any atom is 0.257 e. The van der Waals surface area contributed by atoms with Gasteiger partial charge in [0.2, 0.25) is 0 Å². The Balaban J connectivity index is 1.70. The van der Waals surface area contributed by atoms with Gasteiger partial charge in [-0.2, -0.15) is 0 Å². The van der Waals surface area contributed by atoms with Crippen LogP contribution in [0.1, 0.15) is 33.6 Å². The van der Waals surface area contributed by atoms with Crippen molar-refractivity contribution in [2.24, 2.45) is 5.92 Å². The van der Waals surface area contributed by atoms with Gasteiger partial charge in [0.25, 0.3) is 5.91 Å². The van der Waals surface area contributed by atoms with Crippen LogP contribution >= 0.6 is 0 Å². The highest BCUT2D eigenvalue weighted by molar-refractivity contribution is 6.05. The van der Waals surface area contributed by atoms with Crippen molar-refractivity contribution in [2.75, 3.05) is 25.5 Å². The zero-order chi connectivity index (χ0) is 16.9. The molecule has 0 aliphatic carbocycles. The van der Waals surface area contributed by atoms with Gasteiger partial charge in [0.1, 0.15) is 0 Å². The van der Waals surface area contributed by atoms with Gasteiger partial charge in [-0.25, -0.2) is 0 Å². The van der Waals surface area contributed by atoms with E-state index in [9.17, 15) is 9.59 Å². The SMILES string of the molecule is CN1CCC(C(=O)c2cccc(NC(=O)c3cccnc3)c2)CC1. The van der Waals surface area contributed by atoms with Gasteiger partial charge in [-0.3, -0.25) is 14.6 Å². The summed E-state index contributed by atoms with van der Waals surface area (Å²) in [5, 5.41) is 2.82. The first kappa shape index (κ1) is 16.3. The van der Waals surface area contributed by atoms with Gasteiger partial charge in [-0.05, 0) is 57.2 Å². The van der Waals surface area contributed by atoms with Crippen molar-refractivity contribution in [3.63, 3.8) is 0 Å². The molecule has 1 saturated heterocycles. The highest BCUT2D eigenvalue weighted by Gasteiger charge is 2.24. The number of ketones is 1. The number of rotatable bonds is 4. The first-order chi connectivity index (χ1) is 11.6. The molecule has 124 valence electrons. The number of amides is 1. The molecule has 1 aliphatic heterocycles. The van der Waals surface area contributed by atoms with E-state index in [1.54, 1.807) is 36.5 Å². The predicted octanol–water partition coefficient (Wildman–Crippen LogP) is 2.86. The molecule has 2 heterocycles. The number of carbonyl (C=O) groups excluding carboxylic acids is 2. The molecule has 0 unspecified atom stereocenters. The van der Waals surface area contributed by atoms with E-state index >= 15 is 0 Å². The van der Waals surface area contributed by atoms with E-state index in [1.807, 2.05) is 6.07 Å². The van der Waals surface area contributed by atoms with E-state index < -0.39 is 0 Å². The Hall–Kier alpha value is -2.53. The van der Waals surface area contributed by atoms with Crippen LogP contribution in [0.5, 0.6) is 0 Å². The Morgan fingerprint density at radius 2 is 1.88 bits per heavy atom. The van der Waals surface area contributed by atoms with E-state index in [0.717, 1.165) is 25.9 Å². The van der Waals surface area contributed by atoms with Crippen molar-refractivity contribution in [3.05, 3.63) is 59.9 Å². The quantitative estimate of drug-likeness (QED) is 0.879. The van der Waals surface area contributed by atoms with E-state index in [1.165, 1.54) is 6.20 Å². The number of anilines is 1. The number of Topliss-reactive ketones (excluding diaryl/α,β-unsaturated/α-hetero) is 1.